The van der Waals surface area contributed by atoms with Crippen molar-refractivity contribution in [3.8, 4) is 0 Å². The maximum Gasteiger partial charge on any atom is 0.248 e. The number of nitrogens with two attached hydrogens (primary N) is 2. The maximum absolute atomic E-state index is 11.0. The van der Waals surface area contributed by atoms with E-state index in [-0.39, 0.29) is 4.99 Å². The fraction of sp³-hybridized carbons (Fsp3) is 0. The first-order chi connectivity index (χ1) is 9.47. The van der Waals surface area contributed by atoms with Crippen molar-refractivity contribution in [3.05, 3.63) is 58.6 Å². The second-order valence-corrected chi connectivity index (χ2v) is 5.00. The highest BCUT2D eigenvalue weighted by Gasteiger charge is 2.07. The zero-order valence-electron chi connectivity index (χ0n) is 10.4. The highest BCUT2D eigenvalue weighted by atomic mass is 35.5. The number of rotatable bonds is 4. The van der Waals surface area contributed by atoms with Gasteiger partial charge in [0, 0.05) is 27.5 Å². The molecule has 0 aliphatic heterocycles. The predicted molar refractivity (Wildman–Crippen MR) is 85.6 cm³/mol. The van der Waals surface area contributed by atoms with Gasteiger partial charge in [-0.2, -0.15) is 0 Å². The van der Waals surface area contributed by atoms with Gasteiger partial charge in [-0.15, -0.1) is 0 Å². The lowest BCUT2D eigenvalue weighted by Gasteiger charge is -2.12. The zero-order chi connectivity index (χ0) is 14.7. The molecule has 0 radical (unpaired) electrons. The van der Waals surface area contributed by atoms with Crippen LogP contribution in [0.4, 0.5) is 11.4 Å². The molecule has 5 N–H and O–H groups in total. The smallest absolute Gasteiger partial charge is 0.248 e. The molecule has 0 atom stereocenters. The highest BCUT2D eigenvalue weighted by molar-refractivity contribution is 7.80. The molecule has 102 valence electrons. The monoisotopic (exact) mass is 305 g/mol. The molecular weight excluding hydrogens is 294 g/mol. The molecule has 2 aromatic rings. The van der Waals surface area contributed by atoms with Crippen LogP contribution in [0.2, 0.25) is 5.02 Å². The summed E-state index contributed by atoms with van der Waals surface area (Å²) in [5.74, 6) is -0.466. The Morgan fingerprint density at radius 3 is 2.30 bits per heavy atom. The summed E-state index contributed by atoms with van der Waals surface area (Å²) in [5, 5.41) is 3.73. The van der Waals surface area contributed by atoms with Crippen molar-refractivity contribution >= 4 is 46.1 Å². The molecule has 2 aromatic carbocycles. The number of halogens is 1. The van der Waals surface area contributed by atoms with Gasteiger partial charge < -0.3 is 16.8 Å². The SMILES string of the molecule is NC(=O)c1ccc(Nc2ccc(Cl)cc2C(N)=S)cc1. The van der Waals surface area contributed by atoms with E-state index in [1.54, 1.807) is 42.5 Å². The predicted octanol–water partition coefficient (Wildman–Crippen LogP) is 2.82. The Morgan fingerprint density at radius 1 is 1.10 bits per heavy atom. The lowest BCUT2D eigenvalue weighted by molar-refractivity contribution is 0.100. The molecule has 0 aliphatic rings. The van der Waals surface area contributed by atoms with Gasteiger partial charge in [-0.05, 0) is 42.5 Å². The van der Waals surface area contributed by atoms with E-state index in [1.807, 2.05) is 0 Å². The molecule has 0 spiro atoms. The molecule has 1 amide bonds. The van der Waals surface area contributed by atoms with Crippen molar-refractivity contribution in [2.75, 3.05) is 5.32 Å². The number of thiocarbonyl (C=S) groups is 1. The van der Waals surface area contributed by atoms with Gasteiger partial charge in [-0.3, -0.25) is 4.79 Å². The van der Waals surface area contributed by atoms with Gasteiger partial charge in [0.05, 0.1) is 0 Å². The topological polar surface area (TPSA) is 81.1 Å². The molecule has 0 heterocycles. The Bertz CT molecular complexity index is 671. The maximum atomic E-state index is 11.0. The van der Waals surface area contributed by atoms with Crippen LogP contribution in [0.25, 0.3) is 0 Å². The number of carbonyl (C=O) groups excluding carboxylic acids is 1. The van der Waals surface area contributed by atoms with Gasteiger partial charge in [-0.25, -0.2) is 0 Å². The van der Waals surface area contributed by atoms with E-state index in [0.29, 0.717) is 16.1 Å². The minimum absolute atomic E-state index is 0.253. The quantitative estimate of drug-likeness (QED) is 0.759. The van der Waals surface area contributed by atoms with E-state index < -0.39 is 5.91 Å². The first-order valence-corrected chi connectivity index (χ1v) is 6.52. The third-order valence-corrected chi connectivity index (χ3v) is 3.15. The van der Waals surface area contributed by atoms with E-state index in [2.05, 4.69) is 5.32 Å². The molecule has 0 saturated heterocycles. The van der Waals surface area contributed by atoms with Crippen molar-refractivity contribution in [1.29, 1.82) is 0 Å². The van der Waals surface area contributed by atoms with Crippen LogP contribution in [0.3, 0.4) is 0 Å². The van der Waals surface area contributed by atoms with Crippen molar-refractivity contribution < 1.29 is 4.79 Å². The summed E-state index contributed by atoms with van der Waals surface area (Å²) in [6.07, 6.45) is 0. The molecule has 0 fully saturated rings. The van der Waals surface area contributed by atoms with E-state index in [4.69, 9.17) is 35.3 Å². The van der Waals surface area contributed by atoms with Crippen molar-refractivity contribution in [3.63, 3.8) is 0 Å². The van der Waals surface area contributed by atoms with Gasteiger partial charge in [0.15, 0.2) is 0 Å². The summed E-state index contributed by atoms with van der Waals surface area (Å²) in [4.78, 5) is 11.3. The summed E-state index contributed by atoms with van der Waals surface area (Å²) < 4.78 is 0. The molecule has 0 aromatic heterocycles. The first kappa shape index (κ1) is 14.3. The molecule has 0 aliphatic carbocycles. The minimum Gasteiger partial charge on any atom is -0.389 e. The first-order valence-electron chi connectivity index (χ1n) is 5.73. The molecule has 0 unspecified atom stereocenters. The average molecular weight is 306 g/mol. The Morgan fingerprint density at radius 2 is 1.75 bits per heavy atom. The number of benzene rings is 2. The van der Waals surface area contributed by atoms with E-state index in [9.17, 15) is 4.79 Å². The van der Waals surface area contributed by atoms with Gasteiger partial charge in [0.25, 0.3) is 0 Å². The Labute approximate surface area is 126 Å². The summed E-state index contributed by atoms with van der Waals surface area (Å²) in [5.41, 5.74) is 13.5. The number of primary amides is 1. The second kappa shape index (κ2) is 5.90. The molecule has 2 rings (SSSR count). The average Bonchev–Trinajstić information content (AvgIpc) is 2.41. The Hall–Kier alpha value is -2.11. The number of hydrogen-bond donors (Lipinski definition) is 3. The normalized spacial score (nSPS) is 10.1. The minimum atomic E-state index is -0.466. The molecule has 4 nitrogen and oxygen atoms in total. The molecule has 0 saturated carbocycles. The summed E-state index contributed by atoms with van der Waals surface area (Å²) in [6, 6.07) is 12.0. The van der Waals surface area contributed by atoms with E-state index in [0.717, 1.165) is 11.4 Å². The molecule has 20 heavy (non-hydrogen) atoms. The Balaban J connectivity index is 2.30. The van der Waals surface area contributed by atoms with Crippen LogP contribution in [0.5, 0.6) is 0 Å². The lowest BCUT2D eigenvalue weighted by Crippen LogP contribution is -2.12. The van der Waals surface area contributed by atoms with Gasteiger partial charge >= 0.3 is 0 Å². The van der Waals surface area contributed by atoms with Gasteiger partial charge in [0.1, 0.15) is 4.99 Å². The van der Waals surface area contributed by atoms with Crippen molar-refractivity contribution in [2.45, 2.75) is 0 Å². The molecular formula is C14H12ClN3OS. The summed E-state index contributed by atoms with van der Waals surface area (Å²) in [7, 11) is 0. The summed E-state index contributed by atoms with van der Waals surface area (Å²) in [6.45, 7) is 0. The fourth-order valence-electron chi connectivity index (χ4n) is 1.70. The summed E-state index contributed by atoms with van der Waals surface area (Å²) >= 11 is 10.9. The second-order valence-electron chi connectivity index (χ2n) is 4.12. The highest BCUT2D eigenvalue weighted by Crippen LogP contribution is 2.24. The number of hydrogen-bond acceptors (Lipinski definition) is 3. The van der Waals surface area contributed by atoms with Crippen LogP contribution in [-0.2, 0) is 0 Å². The molecule has 0 bridgehead atoms. The number of nitrogens with one attached hydrogen (secondary N) is 1. The largest absolute Gasteiger partial charge is 0.389 e. The fourth-order valence-corrected chi connectivity index (χ4v) is 2.04. The van der Waals surface area contributed by atoms with Crippen molar-refractivity contribution in [1.82, 2.24) is 0 Å². The van der Waals surface area contributed by atoms with Crippen LogP contribution >= 0.6 is 23.8 Å². The van der Waals surface area contributed by atoms with Gasteiger partial charge in [0.2, 0.25) is 5.91 Å². The third kappa shape index (κ3) is 3.26. The van der Waals surface area contributed by atoms with Crippen LogP contribution in [0.1, 0.15) is 15.9 Å². The van der Waals surface area contributed by atoms with Crippen LogP contribution in [0, 0.1) is 0 Å². The lowest BCUT2D eigenvalue weighted by atomic mass is 10.1. The van der Waals surface area contributed by atoms with E-state index in [1.165, 1.54) is 0 Å². The Kier molecular flexibility index (Phi) is 4.22. The van der Waals surface area contributed by atoms with E-state index >= 15 is 0 Å². The number of carbonyl (C=O) groups is 1. The van der Waals surface area contributed by atoms with Crippen LogP contribution < -0.4 is 16.8 Å². The third-order valence-electron chi connectivity index (χ3n) is 2.70. The zero-order valence-corrected chi connectivity index (χ0v) is 12.0. The van der Waals surface area contributed by atoms with Crippen LogP contribution in [-0.4, -0.2) is 10.9 Å². The number of anilines is 2. The number of amides is 1. The van der Waals surface area contributed by atoms with Crippen LogP contribution in [0.15, 0.2) is 42.5 Å². The van der Waals surface area contributed by atoms with Crippen molar-refractivity contribution in [2.24, 2.45) is 11.5 Å². The molecule has 6 heteroatoms. The van der Waals surface area contributed by atoms with Gasteiger partial charge in [-0.1, -0.05) is 23.8 Å². The standard InChI is InChI=1S/C14H12ClN3OS/c15-9-3-6-12(11(7-9)14(17)20)18-10-4-1-8(2-5-10)13(16)19/h1-7,18H,(H2,16,19)(H2,17,20).